The van der Waals surface area contributed by atoms with Crippen molar-refractivity contribution in [2.24, 2.45) is 0 Å². The second-order valence-corrected chi connectivity index (χ2v) is 3.89. The smallest absolute Gasteiger partial charge is 0.0548 e. The van der Waals surface area contributed by atoms with E-state index in [1.165, 1.54) is 0 Å². The Morgan fingerprint density at radius 3 is 2.83 bits per heavy atom. The van der Waals surface area contributed by atoms with Crippen molar-refractivity contribution in [3.8, 4) is 0 Å². The molecule has 0 saturated heterocycles. The van der Waals surface area contributed by atoms with Crippen LogP contribution in [-0.2, 0) is 0 Å². The van der Waals surface area contributed by atoms with E-state index in [2.05, 4.69) is 28.6 Å². The maximum Gasteiger partial charge on any atom is 0.0548 e. The average Bonchev–Trinajstić information content (AvgIpc) is 2.07. The molecule has 0 unspecified atom stereocenters. The van der Waals surface area contributed by atoms with Gasteiger partial charge in [0.15, 0.2) is 0 Å². The third-order valence-corrected chi connectivity index (χ3v) is 2.78. The van der Waals surface area contributed by atoms with E-state index in [1.54, 1.807) is 0 Å². The zero-order valence-electron chi connectivity index (χ0n) is 6.30. The van der Waals surface area contributed by atoms with Gasteiger partial charge in [-0.1, -0.05) is 29.8 Å². The van der Waals surface area contributed by atoms with Gasteiger partial charge < -0.3 is 0 Å². The Bertz CT molecular complexity index is 297. The first-order chi connectivity index (χ1) is 5.74. The fourth-order valence-electron chi connectivity index (χ4n) is 0.805. The summed E-state index contributed by atoms with van der Waals surface area (Å²) in [5.41, 5.74) is 1.13. The van der Waals surface area contributed by atoms with E-state index in [-0.39, 0.29) is 0 Å². The molecule has 12 heavy (non-hydrogen) atoms. The molecule has 0 aliphatic rings. The molecule has 0 aliphatic carbocycles. The van der Waals surface area contributed by atoms with E-state index < -0.39 is 0 Å². The molecule has 0 bridgehead atoms. The zero-order valence-corrected chi connectivity index (χ0v) is 9.53. The molecular weight excluding hydrogens is 256 g/mol. The lowest BCUT2D eigenvalue weighted by Gasteiger charge is -1.96. The van der Waals surface area contributed by atoms with Crippen LogP contribution in [0.4, 0.5) is 0 Å². The fourth-order valence-corrected chi connectivity index (χ4v) is 1.42. The molecule has 0 aliphatic heterocycles. The van der Waals surface area contributed by atoms with Gasteiger partial charge in [-0.3, -0.25) is 0 Å². The largest absolute Gasteiger partial charge is 0.175 e. The topological polar surface area (TPSA) is 0 Å². The molecule has 0 amide bonds. The highest BCUT2D eigenvalue weighted by molar-refractivity contribution is 9.10. The number of hydrogen-bond acceptors (Lipinski definition) is 1. The molecular formula is C9H8BrClS. The summed E-state index contributed by atoms with van der Waals surface area (Å²) >= 11 is 13.3. The highest BCUT2D eigenvalue weighted by Crippen LogP contribution is 2.23. The predicted molar refractivity (Wildman–Crippen MR) is 62.0 cm³/mol. The first-order valence-electron chi connectivity index (χ1n) is 3.46. The molecule has 0 fully saturated rings. The maximum atomic E-state index is 5.83. The summed E-state index contributed by atoms with van der Waals surface area (Å²) in [5, 5.41) is 0.734. The van der Waals surface area contributed by atoms with Gasteiger partial charge in [-0.05, 0) is 33.6 Å². The van der Waals surface area contributed by atoms with E-state index in [9.17, 15) is 0 Å². The molecule has 0 nitrogen and oxygen atoms in total. The number of halogens is 2. The lowest BCUT2D eigenvalue weighted by Crippen LogP contribution is -1.73. The first kappa shape index (κ1) is 10.2. The SMILES string of the molecule is SCC=Cc1ccc(Cl)c(Br)c1. The molecule has 1 rings (SSSR count). The van der Waals surface area contributed by atoms with Gasteiger partial charge in [-0.2, -0.15) is 12.6 Å². The summed E-state index contributed by atoms with van der Waals surface area (Å²) in [7, 11) is 0. The molecule has 0 radical (unpaired) electrons. The van der Waals surface area contributed by atoms with Crippen molar-refractivity contribution in [1.82, 2.24) is 0 Å². The molecule has 0 saturated carbocycles. The maximum absolute atomic E-state index is 5.83. The van der Waals surface area contributed by atoms with Crippen LogP contribution >= 0.6 is 40.2 Å². The Kier molecular flexibility index (Phi) is 4.19. The summed E-state index contributed by atoms with van der Waals surface area (Å²) in [6, 6.07) is 5.80. The van der Waals surface area contributed by atoms with Crippen molar-refractivity contribution in [3.63, 3.8) is 0 Å². The van der Waals surface area contributed by atoms with Crippen LogP contribution < -0.4 is 0 Å². The molecule has 0 N–H and O–H groups in total. The van der Waals surface area contributed by atoms with Crippen molar-refractivity contribution in [3.05, 3.63) is 39.3 Å². The van der Waals surface area contributed by atoms with Gasteiger partial charge in [0.1, 0.15) is 0 Å². The normalized spacial score (nSPS) is 10.9. The summed E-state index contributed by atoms with van der Waals surface area (Å²) < 4.78 is 0.922. The van der Waals surface area contributed by atoms with E-state index in [1.807, 2.05) is 30.4 Å². The zero-order chi connectivity index (χ0) is 8.97. The molecule has 0 atom stereocenters. The molecule has 0 aromatic heterocycles. The van der Waals surface area contributed by atoms with Gasteiger partial charge in [-0.15, -0.1) is 0 Å². The van der Waals surface area contributed by atoms with Crippen molar-refractivity contribution in [2.45, 2.75) is 0 Å². The molecule has 3 heteroatoms. The first-order valence-corrected chi connectivity index (χ1v) is 5.27. The molecule has 0 heterocycles. The summed E-state index contributed by atoms with van der Waals surface area (Å²) in [5.74, 6) is 0.750. The summed E-state index contributed by atoms with van der Waals surface area (Å²) in [6.45, 7) is 0. The second kappa shape index (κ2) is 4.95. The highest BCUT2D eigenvalue weighted by atomic mass is 79.9. The fraction of sp³-hybridized carbons (Fsp3) is 0.111. The van der Waals surface area contributed by atoms with E-state index in [0.29, 0.717) is 0 Å². The lowest BCUT2D eigenvalue weighted by molar-refractivity contribution is 1.60. The minimum absolute atomic E-state index is 0.734. The monoisotopic (exact) mass is 262 g/mol. The van der Waals surface area contributed by atoms with Gasteiger partial charge >= 0.3 is 0 Å². The van der Waals surface area contributed by atoms with E-state index in [4.69, 9.17) is 11.6 Å². The van der Waals surface area contributed by atoms with Gasteiger partial charge in [0.05, 0.1) is 5.02 Å². The molecule has 0 spiro atoms. The Balaban J connectivity index is 2.89. The Hall–Kier alpha value is 0.0800. The number of benzene rings is 1. The summed E-state index contributed by atoms with van der Waals surface area (Å²) in [6.07, 6.45) is 3.99. The minimum Gasteiger partial charge on any atom is -0.175 e. The number of thiol groups is 1. The third-order valence-electron chi connectivity index (χ3n) is 1.36. The van der Waals surface area contributed by atoms with Crippen LogP contribution in [0.5, 0.6) is 0 Å². The second-order valence-electron chi connectivity index (χ2n) is 2.26. The Morgan fingerprint density at radius 2 is 2.25 bits per heavy atom. The third kappa shape index (κ3) is 2.85. The van der Waals surface area contributed by atoms with Gasteiger partial charge in [0.2, 0.25) is 0 Å². The number of hydrogen-bond donors (Lipinski definition) is 1. The Morgan fingerprint density at radius 1 is 1.50 bits per heavy atom. The van der Waals surface area contributed by atoms with Crippen LogP contribution in [0.3, 0.4) is 0 Å². The van der Waals surface area contributed by atoms with Crippen molar-refractivity contribution >= 4 is 46.2 Å². The molecule has 1 aromatic rings. The average molecular weight is 264 g/mol. The lowest BCUT2D eigenvalue weighted by atomic mass is 10.2. The standard InChI is InChI=1S/C9H8BrClS/c10-8-6-7(2-1-5-12)3-4-9(8)11/h1-4,6,12H,5H2. The van der Waals surface area contributed by atoms with Crippen LogP contribution in [0.2, 0.25) is 5.02 Å². The van der Waals surface area contributed by atoms with Crippen LogP contribution in [0, 0.1) is 0 Å². The van der Waals surface area contributed by atoms with E-state index >= 15 is 0 Å². The highest BCUT2D eigenvalue weighted by Gasteiger charge is 1.95. The van der Waals surface area contributed by atoms with Crippen LogP contribution in [0.15, 0.2) is 28.7 Å². The minimum atomic E-state index is 0.734. The molecule has 1 aromatic carbocycles. The quantitative estimate of drug-likeness (QED) is 0.765. The van der Waals surface area contributed by atoms with E-state index in [0.717, 1.165) is 20.8 Å². The predicted octanol–water partition coefficient (Wildman–Crippen LogP) is 4.05. The van der Waals surface area contributed by atoms with Gasteiger partial charge in [0, 0.05) is 10.2 Å². The molecule has 64 valence electrons. The van der Waals surface area contributed by atoms with Gasteiger partial charge in [-0.25, -0.2) is 0 Å². The van der Waals surface area contributed by atoms with Crippen LogP contribution in [0.25, 0.3) is 6.08 Å². The summed E-state index contributed by atoms with van der Waals surface area (Å²) in [4.78, 5) is 0. The number of rotatable bonds is 2. The van der Waals surface area contributed by atoms with Crippen LogP contribution in [0.1, 0.15) is 5.56 Å². The van der Waals surface area contributed by atoms with Crippen LogP contribution in [-0.4, -0.2) is 5.75 Å². The van der Waals surface area contributed by atoms with Crippen molar-refractivity contribution in [2.75, 3.05) is 5.75 Å². The van der Waals surface area contributed by atoms with Crippen molar-refractivity contribution < 1.29 is 0 Å². The Labute approximate surface area is 91.2 Å². The van der Waals surface area contributed by atoms with Gasteiger partial charge in [0.25, 0.3) is 0 Å². The van der Waals surface area contributed by atoms with Crippen molar-refractivity contribution in [1.29, 1.82) is 0 Å².